The average Bonchev–Trinajstić information content (AvgIpc) is 3.50. The third kappa shape index (κ3) is 6.04. The van der Waals surface area contributed by atoms with E-state index in [9.17, 15) is 8.78 Å². The number of rotatable bonds is 5. The van der Waals surface area contributed by atoms with Crippen molar-refractivity contribution in [1.82, 2.24) is 9.97 Å². The van der Waals surface area contributed by atoms with E-state index in [1.54, 1.807) is 35.6 Å². The molecule has 8 heteroatoms. The van der Waals surface area contributed by atoms with Crippen LogP contribution in [-0.2, 0) is 0 Å². The first-order chi connectivity index (χ1) is 15.4. The second-order valence-electron chi connectivity index (χ2n) is 7.14. The number of hydrogen-bond donors (Lipinski definition) is 1. The fourth-order valence-corrected chi connectivity index (χ4v) is 4.39. The van der Waals surface area contributed by atoms with Gasteiger partial charge in [0, 0.05) is 34.3 Å². The summed E-state index contributed by atoms with van der Waals surface area (Å²) in [6, 6.07) is 14.7. The molecule has 2 atom stereocenters. The summed E-state index contributed by atoms with van der Waals surface area (Å²) in [5, 5.41) is 14.5. The van der Waals surface area contributed by atoms with Crippen molar-refractivity contribution in [2.24, 2.45) is 5.73 Å². The molecule has 164 valence electrons. The topological polar surface area (TPSA) is 75.6 Å². The molecule has 0 bridgehead atoms. The van der Waals surface area contributed by atoms with Crippen LogP contribution in [0.1, 0.15) is 35.7 Å². The Morgan fingerprint density at radius 1 is 0.844 bits per heavy atom. The van der Waals surface area contributed by atoms with Crippen molar-refractivity contribution >= 4 is 22.7 Å². The van der Waals surface area contributed by atoms with E-state index in [-0.39, 0.29) is 23.5 Å². The van der Waals surface area contributed by atoms with Gasteiger partial charge in [-0.15, -0.1) is 22.7 Å². The van der Waals surface area contributed by atoms with Gasteiger partial charge in [-0.1, -0.05) is 6.92 Å². The summed E-state index contributed by atoms with van der Waals surface area (Å²) in [5.74, 6) is -0.405. The van der Waals surface area contributed by atoms with Gasteiger partial charge in [-0.2, -0.15) is 5.26 Å². The molecular formula is C24H22F2N4S2. The van der Waals surface area contributed by atoms with E-state index in [2.05, 4.69) is 16.0 Å². The molecule has 2 unspecified atom stereocenters. The summed E-state index contributed by atoms with van der Waals surface area (Å²) >= 11 is 3.05. The summed E-state index contributed by atoms with van der Waals surface area (Å²) in [7, 11) is 0. The summed E-state index contributed by atoms with van der Waals surface area (Å²) in [6.45, 7) is 4.46. The highest BCUT2D eigenvalue weighted by molar-refractivity contribution is 7.10. The van der Waals surface area contributed by atoms with Crippen molar-refractivity contribution in [3.63, 3.8) is 0 Å². The Balaban J connectivity index is 0.000000181. The zero-order valence-corrected chi connectivity index (χ0v) is 19.3. The van der Waals surface area contributed by atoms with Crippen molar-refractivity contribution < 1.29 is 8.78 Å². The number of nitriles is 1. The largest absolute Gasteiger partial charge is 0.330 e. The van der Waals surface area contributed by atoms with Crippen molar-refractivity contribution in [2.45, 2.75) is 25.7 Å². The number of aromatic nitrogens is 2. The molecule has 0 aliphatic carbocycles. The lowest BCUT2D eigenvalue weighted by molar-refractivity contribution is 0.627. The molecular weight excluding hydrogens is 446 g/mol. The van der Waals surface area contributed by atoms with Crippen molar-refractivity contribution in [2.75, 3.05) is 6.54 Å². The fraction of sp³-hybridized carbons (Fsp3) is 0.208. The number of halogens is 2. The van der Waals surface area contributed by atoms with E-state index in [4.69, 9.17) is 11.0 Å². The molecule has 4 aromatic rings. The first-order valence-electron chi connectivity index (χ1n) is 9.93. The van der Waals surface area contributed by atoms with E-state index in [1.807, 2.05) is 24.6 Å². The molecule has 0 spiro atoms. The molecule has 0 amide bonds. The number of nitrogens with zero attached hydrogens (tertiary/aromatic N) is 3. The number of benzene rings is 2. The van der Waals surface area contributed by atoms with Gasteiger partial charge in [0.15, 0.2) is 0 Å². The minimum Gasteiger partial charge on any atom is -0.330 e. The molecule has 2 aromatic carbocycles. The predicted octanol–water partition coefficient (Wildman–Crippen LogP) is 6.59. The Bertz CT molecular complexity index is 1180. The van der Waals surface area contributed by atoms with E-state index >= 15 is 0 Å². The molecule has 0 aliphatic heterocycles. The minimum atomic E-state index is -0.260. The molecule has 4 nitrogen and oxygen atoms in total. The highest BCUT2D eigenvalue weighted by Crippen LogP contribution is 2.27. The summed E-state index contributed by atoms with van der Waals surface area (Å²) in [4.78, 5) is 8.85. The molecule has 4 rings (SSSR count). The van der Waals surface area contributed by atoms with Crippen LogP contribution in [0, 0.1) is 23.0 Å². The quantitative estimate of drug-likeness (QED) is 0.359. The van der Waals surface area contributed by atoms with Crippen molar-refractivity contribution in [3.8, 4) is 28.6 Å². The maximum absolute atomic E-state index is 12.8. The van der Waals surface area contributed by atoms with Crippen LogP contribution in [0.25, 0.3) is 22.5 Å². The van der Waals surface area contributed by atoms with Gasteiger partial charge in [0.05, 0.1) is 28.4 Å². The van der Waals surface area contributed by atoms with Crippen LogP contribution in [0.2, 0.25) is 0 Å². The summed E-state index contributed by atoms with van der Waals surface area (Å²) in [6.07, 6.45) is 0. The SMILES string of the molecule is CC(C#N)c1nc(-c2ccc(F)cc2)cs1.CC(CN)c1nc(-c2ccc(F)cc2)cs1. The van der Waals surface area contributed by atoms with Crippen LogP contribution in [0.3, 0.4) is 0 Å². The standard InChI is InChI=1S/C12H13FN2S.C12H9FN2S/c2*1-8(6-14)12-15-11(7-16-12)9-2-4-10(13)5-3-9/h2-5,7-8H,6,14H2,1H3;2-5,7-8H,1H3. The monoisotopic (exact) mass is 468 g/mol. The van der Waals surface area contributed by atoms with Crippen LogP contribution in [0.15, 0.2) is 59.3 Å². The Morgan fingerprint density at radius 3 is 1.72 bits per heavy atom. The predicted molar refractivity (Wildman–Crippen MR) is 127 cm³/mol. The van der Waals surface area contributed by atoms with Crippen molar-refractivity contribution in [1.29, 1.82) is 5.26 Å². The lowest BCUT2D eigenvalue weighted by atomic mass is 10.1. The molecule has 0 saturated carbocycles. The highest BCUT2D eigenvalue weighted by Gasteiger charge is 2.11. The Morgan fingerprint density at radius 2 is 1.28 bits per heavy atom. The van der Waals surface area contributed by atoms with Crippen LogP contribution in [-0.4, -0.2) is 16.5 Å². The zero-order valence-electron chi connectivity index (χ0n) is 17.6. The minimum absolute atomic E-state index is 0.195. The maximum atomic E-state index is 12.8. The smallest absolute Gasteiger partial charge is 0.123 e. The maximum Gasteiger partial charge on any atom is 0.123 e. The highest BCUT2D eigenvalue weighted by atomic mass is 32.1. The Kier molecular flexibility index (Phi) is 8.17. The third-order valence-corrected chi connectivity index (χ3v) is 6.77. The van der Waals surface area contributed by atoms with Crippen LogP contribution >= 0.6 is 22.7 Å². The third-order valence-electron chi connectivity index (χ3n) is 4.66. The average molecular weight is 469 g/mol. The molecule has 2 N–H and O–H groups in total. The molecule has 0 radical (unpaired) electrons. The lowest BCUT2D eigenvalue weighted by Crippen LogP contribution is -2.08. The first-order valence-corrected chi connectivity index (χ1v) is 11.7. The summed E-state index contributed by atoms with van der Waals surface area (Å²) in [5.41, 5.74) is 9.08. The van der Waals surface area contributed by atoms with Gasteiger partial charge in [0.2, 0.25) is 0 Å². The summed E-state index contributed by atoms with van der Waals surface area (Å²) < 4.78 is 25.5. The zero-order chi connectivity index (χ0) is 23.1. The van der Waals surface area contributed by atoms with Gasteiger partial charge in [-0.3, -0.25) is 0 Å². The van der Waals surface area contributed by atoms with Gasteiger partial charge in [0.25, 0.3) is 0 Å². The van der Waals surface area contributed by atoms with Crippen molar-refractivity contribution in [3.05, 3.63) is 80.9 Å². The van der Waals surface area contributed by atoms with Gasteiger partial charge in [0.1, 0.15) is 16.6 Å². The molecule has 32 heavy (non-hydrogen) atoms. The lowest BCUT2D eigenvalue weighted by Gasteiger charge is -2.02. The fourth-order valence-electron chi connectivity index (χ4n) is 2.66. The number of nitrogens with two attached hydrogens (primary N) is 1. The molecule has 0 fully saturated rings. The second kappa shape index (κ2) is 11.0. The molecule has 2 aromatic heterocycles. The number of thiazole rings is 2. The Hall–Kier alpha value is -2.99. The van der Waals surface area contributed by atoms with Crippen LogP contribution in [0.4, 0.5) is 8.78 Å². The van der Waals surface area contributed by atoms with E-state index < -0.39 is 0 Å². The Labute approximate surface area is 194 Å². The second-order valence-corrected chi connectivity index (χ2v) is 8.92. The van der Waals surface area contributed by atoms with Gasteiger partial charge < -0.3 is 5.73 Å². The van der Waals surface area contributed by atoms with E-state index in [0.717, 1.165) is 32.5 Å². The van der Waals surface area contributed by atoms with Crippen LogP contribution < -0.4 is 5.73 Å². The van der Waals surface area contributed by atoms with Gasteiger partial charge >= 0.3 is 0 Å². The van der Waals surface area contributed by atoms with E-state index in [0.29, 0.717) is 6.54 Å². The van der Waals surface area contributed by atoms with Crippen LogP contribution in [0.5, 0.6) is 0 Å². The normalized spacial score (nSPS) is 12.4. The molecule has 0 saturated heterocycles. The first kappa shape index (κ1) is 23.7. The van der Waals surface area contributed by atoms with Gasteiger partial charge in [-0.05, 0) is 55.5 Å². The van der Waals surface area contributed by atoms with Gasteiger partial charge in [-0.25, -0.2) is 18.7 Å². The number of hydrogen-bond acceptors (Lipinski definition) is 6. The van der Waals surface area contributed by atoms with E-state index in [1.165, 1.54) is 35.6 Å². The molecule has 0 aliphatic rings. The molecule has 2 heterocycles.